The quantitative estimate of drug-likeness (QED) is 0.675. The van der Waals surface area contributed by atoms with Crippen molar-refractivity contribution >= 4 is 39.0 Å². The van der Waals surface area contributed by atoms with Gasteiger partial charge in [0.1, 0.15) is 5.82 Å². The predicted octanol–water partition coefficient (Wildman–Crippen LogP) is 2.74. The number of fused-ring (bicyclic) bond motifs is 1. The maximum Gasteiger partial charge on any atom is 0.229 e. The van der Waals surface area contributed by atoms with Crippen molar-refractivity contribution in [3.63, 3.8) is 0 Å². The molecule has 0 aliphatic heterocycles. The summed E-state index contributed by atoms with van der Waals surface area (Å²) in [7, 11) is 1.87. The monoisotopic (exact) mass is 343 g/mol. The van der Waals surface area contributed by atoms with Gasteiger partial charge in [-0.05, 0) is 37.7 Å². The van der Waals surface area contributed by atoms with Crippen molar-refractivity contribution in [2.45, 2.75) is 37.6 Å². The van der Waals surface area contributed by atoms with Gasteiger partial charge in [0.05, 0.1) is 22.1 Å². The molecule has 0 spiro atoms. The molecule has 24 heavy (non-hydrogen) atoms. The van der Waals surface area contributed by atoms with Crippen LogP contribution >= 0.6 is 11.3 Å². The highest BCUT2D eigenvalue weighted by molar-refractivity contribution is 7.19. The second kappa shape index (κ2) is 6.03. The number of rotatable bonds is 3. The molecule has 0 aromatic carbocycles. The molecule has 4 rings (SSSR count). The van der Waals surface area contributed by atoms with Gasteiger partial charge < -0.3 is 16.8 Å². The summed E-state index contributed by atoms with van der Waals surface area (Å²) < 4.78 is 2.69. The minimum atomic E-state index is 0.357. The fourth-order valence-corrected chi connectivity index (χ4v) is 4.41. The van der Waals surface area contributed by atoms with E-state index in [0.29, 0.717) is 23.7 Å². The largest absolute Gasteiger partial charge is 0.382 e. The molecule has 8 heteroatoms. The summed E-state index contributed by atoms with van der Waals surface area (Å²) in [5.41, 5.74) is 13.9. The molecule has 0 saturated heterocycles. The first kappa shape index (κ1) is 15.3. The molecule has 0 amide bonds. The van der Waals surface area contributed by atoms with Crippen LogP contribution in [0.1, 0.15) is 36.5 Å². The van der Waals surface area contributed by atoms with E-state index in [2.05, 4.69) is 26.4 Å². The molecule has 0 unspecified atom stereocenters. The van der Waals surface area contributed by atoms with E-state index < -0.39 is 0 Å². The summed E-state index contributed by atoms with van der Waals surface area (Å²) in [6.07, 6.45) is 8.06. The molecule has 3 aromatic rings. The predicted molar refractivity (Wildman–Crippen MR) is 97.5 cm³/mol. The molecule has 1 aliphatic rings. The Hall–Kier alpha value is -2.19. The zero-order valence-corrected chi connectivity index (χ0v) is 14.4. The van der Waals surface area contributed by atoms with Crippen LogP contribution in [0.4, 0.5) is 17.5 Å². The first-order chi connectivity index (χ1) is 11.6. The SMILES string of the molecule is Cn1cc(Nc2nc(N)c3sc(C4CCC(N)CC4)cc3n2)cn1. The molecule has 3 aromatic heterocycles. The summed E-state index contributed by atoms with van der Waals surface area (Å²) in [6.45, 7) is 0. The average molecular weight is 343 g/mol. The molecular formula is C16H21N7S. The number of hydrogen-bond donors (Lipinski definition) is 3. The normalized spacial score (nSPS) is 21.2. The number of anilines is 3. The minimum absolute atomic E-state index is 0.357. The van der Waals surface area contributed by atoms with Gasteiger partial charge in [0.2, 0.25) is 5.95 Å². The number of nitrogens with two attached hydrogens (primary N) is 2. The van der Waals surface area contributed by atoms with E-state index in [1.165, 1.54) is 4.88 Å². The second-order valence-electron chi connectivity index (χ2n) is 6.43. The van der Waals surface area contributed by atoms with Crippen LogP contribution in [0.5, 0.6) is 0 Å². The van der Waals surface area contributed by atoms with Crippen molar-refractivity contribution in [2.75, 3.05) is 11.1 Å². The van der Waals surface area contributed by atoms with E-state index >= 15 is 0 Å². The Morgan fingerprint density at radius 1 is 1.25 bits per heavy atom. The molecule has 0 radical (unpaired) electrons. The van der Waals surface area contributed by atoms with Crippen LogP contribution in [0.2, 0.25) is 0 Å². The van der Waals surface area contributed by atoms with Gasteiger partial charge in [-0.1, -0.05) is 0 Å². The number of nitrogen functional groups attached to an aromatic ring is 1. The number of aromatic nitrogens is 4. The Kier molecular flexibility index (Phi) is 3.85. The van der Waals surface area contributed by atoms with E-state index in [1.54, 1.807) is 22.2 Å². The van der Waals surface area contributed by atoms with Gasteiger partial charge in [-0.2, -0.15) is 10.1 Å². The lowest BCUT2D eigenvalue weighted by molar-refractivity contribution is 0.399. The van der Waals surface area contributed by atoms with Crippen LogP contribution in [0, 0.1) is 0 Å². The van der Waals surface area contributed by atoms with E-state index in [4.69, 9.17) is 11.5 Å². The zero-order chi connectivity index (χ0) is 16.7. The highest BCUT2D eigenvalue weighted by Crippen LogP contribution is 2.39. The van der Waals surface area contributed by atoms with Crippen molar-refractivity contribution in [2.24, 2.45) is 12.8 Å². The van der Waals surface area contributed by atoms with Crippen molar-refractivity contribution in [1.29, 1.82) is 0 Å². The molecule has 0 bridgehead atoms. The molecule has 0 atom stereocenters. The third-order valence-electron chi connectivity index (χ3n) is 4.55. The topological polar surface area (TPSA) is 108 Å². The van der Waals surface area contributed by atoms with E-state index in [9.17, 15) is 0 Å². The van der Waals surface area contributed by atoms with Crippen molar-refractivity contribution < 1.29 is 0 Å². The molecule has 5 N–H and O–H groups in total. The Morgan fingerprint density at radius 3 is 2.75 bits per heavy atom. The fraction of sp³-hybridized carbons (Fsp3) is 0.438. The lowest BCUT2D eigenvalue weighted by Gasteiger charge is -2.24. The lowest BCUT2D eigenvalue weighted by Crippen LogP contribution is -2.25. The fourth-order valence-electron chi connectivity index (χ4n) is 3.25. The first-order valence-electron chi connectivity index (χ1n) is 8.16. The van der Waals surface area contributed by atoms with Crippen LogP contribution in [0.25, 0.3) is 10.2 Å². The van der Waals surface area contributed by atoms with Gasteiger partial charge in [-0.25, -0.2) is 4.98 Å². The maximum absolute atomic E-state index is 6.16. The summed E-state index contributed by atoms with van der Waals surface area (Å²) in [5, 5.41) is 7.28. The molecular weight excluding hydrogens is 322 g/mol. The number of aryl methyl sites for hydroxylation is 1. The van der Waals surface area contributed by atoms with Crippen molar-refractivity contribution in [1.82, 2.24) is 19.7 Å². The number of thiophene rings is 1. The Morgan fingerprint density at radius 2 is 2.04 bits per heavy atom. The Bertz CT molecular complexity index is 861. The van der Waals surface area contributed by atoms with Gasteiger partial charge in [0.25, 0.3) is 0 Å². The lowest BCUT2D eigenvalue weighted by atomic mass is 9.85. The number of nitrogens with one attached hydrogen (secondary N) is 1. The van der Waals surface area contributed by atoms with Crippen molar-refractivity contribution in [3.8, 4) is 0 Å². The summed E-state index contributed by atoms with van der Waals surface area (Å²) in [6, 6.07) is 2.52. The summed E-state index contributed by atoms with van der Waals surface area (Å²) in [4.78, 5) is 10.3. The van der Waals surface area contributed by atoms with Gasteiger partial charge in [0, 0.05) is 24.2 Å². The summed E-state index contributed by atoms with van der Waals surface area (Å²) in [5.74, 6) is 1.59. The maximum atomic E-state index is 6.16. The van der Waals surface area contributed by atoms with Crippen LogP contribution in [0.15, 0.2) is 18.5 Å². The smallest absolute Gasteiger partial charge is 0.229 e. The van der Waals surface area contributed by atoms with Crippen LogP contribution in [-0.2, 0) is 7.05 Å². The van der Waals surface area contributed by atoms with E-state index in [-0.39, 0.29) is 0 Å². The third kappa shape index (κ3) is 2.94. The molecule has 1 aliphatic carbocycles. The molecule has 1 saturated carbocycles. The van der Waals surface area contributed by atoms with Crippen LogP contribution in [0.3, 0.4) is 0 Å². The highest BCUT2D eigenvalue weighted by Gasteiger charge is 2.22. The van der Waals surface area contributed by atoms with Crippen LogP contribution < -0.4 is 16.8 Å². The third-order valence-corrected chi connectivity index (χ3v) is 5.86. The van der Waals surface area contributed by atoms with Gasteiger partial charge >= 0.3 is 0 Å². The molecule has 1 fully saturated rings. The Balaban J connectivity index is 1.62. The molecule has 7 nitrogen and oxygen atoms in total. The standard InChI is InChI=1S/C16H21N7S/c1-23-8-11(7-19-23)20-16-21-12-6-13(24-14(12)15(18)22-16)9-2-4-10(17)5-3-9/h6-10H,2-5,17H2,1H3,(H3,18,20,21,22). The number of hydrogen-bond acceptors (Lipinski definition) is 7. The van der Waals surface area contributed by atoms with E-state index in [1.807, 2.05) is 13.2 Å². The number of nitrogens with zero attached hydrogens (tertiary/aromatic N) is 4. The van der Waals surface area contributed by atoms with Crippen LogP contribution in [-0.4, -0.2) is 25.8 Å². The van der Waals surface area contributed by atoms with E-state index in [0.717, 1.165) is 41.6 Å². The molecule has 3 heterocycles. The first-order valence-corrected chi connectivity index (χ1v) is 8.98. The minimum Gasteiger partial charge on any atom is -0.382 e. The average Bonchev–Trinajstić information content (AvgIpc) is 3.15. The van der Waals surface area contributed by atoms with Gasteiger partial charge in [0.15, 0.2) is 0 Å². The summed E-state index contributed by atoms with van der Waals surface area (Å²) >= 11 is 1.72. The van der Waals surface area contributed by atoms with Gasteiger partial charge in [-0.3, -0.25) is 4.68 Å². The highest BCUT2D eigenvalue weighted by atomic mass is 32.1. The van der Waals surface area contributed by atoms with Gasteiger partial charge in [-0.15, -0.1) is 11.3 Å². The zero-order valence-electron chi connectivity index (χ0n) is 13.6. The van der Waals surface area contributed by atoms with Crippen molar-refractivity contribution in [3.05, 3.63) is 23.3 Å². The molecule has 126 valence electrons. The Labute approximate surface area is 144 Å². The second-order valence-corrected chi connectivity index (χ2v) is 7.52.